The lowest BCUT2D eigenvalue weighted by atomic mass is 10.0. The first-order valence-electron chi connectivity index (χ1n) is 12.5. The molecule has 1 aliphatic heterocycles. The number of nitrogens with one attached hydrogen (secondary N) is 1. The van der Waals surface area contributed by atoms with Crippen LogP contribution in [0.15, 0.2) is 59.3 Å². The SMILES string of the molecule is CCOc1cc(CN2CCC(Nc3nc4cc(C#N)ccc4o3)CC2)cc(OCC)c1-n1cccc1. The van der Waals surface area contributed by atoms with E-state index in [1.807, 2.05) is 42.9 Å². The molecule has 4 aromatic rings. The third-order valence-electron chi connectivity index (χ3n) is 6.40. The van der Waals surface area contributed by atoms with Crippen LogP contribution in [0.3, 0.4) is 0 Å². The van der Waals surface area contributed by atoms with E-state index in [4.69, 9.17) is 19.2 Å². The molecule has 1 saturated heterocycles. The Bertz CT molecular complexity index is 1320. The lowest BCUT2D eigenvalue weighted by Crippen LogP contribution is -2.38. The molecule has 1 N–H and O–H groups in total. The number of nitriles is 1. The lowest BCUT2D eigenvalue weighted by molar-refractivity contribution is 0.209. The molecule has 2 aromatic carbocycles. The Morgan fingerprint density at radius 1 is 1.06 bits per heavy atom. The van der Waals surface area contributed by atoms with E-state index < -0.39 is 0 Å². The van der Waals surface area contributed by atoms with E-state index in [9.17, 15) is 0 Å². The van der Waals surface area contributed by atoms with Crippen molar-refractivity contribution in [2.75, 3.05) is 31.6 Å². The number of piperidine rings is 1. The van der Waals surface area contributed by atoms with Gasteiger partial charge in [-0.2, -0.15) is 10.2 Å². The number of rotatable bonds is 9. The van der Waals surface area contributed by atoms with Gasteiger partial charge in [-0.15, -0.1) is 0 Å². The predicted molar refractivity (Wildman–Crippen MR) is 139 cm³/mol. The highest BCUT2D eigenvalue weighted by Crippen LogP contribution is 2.35. The second-order valence-electron chi connectivity index (χ2n) is 8.91. The molecule has 0 bridgehead atoms. The van der Waals surface area contributed by atoms with Gasteiger partial charge in [0.05, 0.1) is 24.8 Å². The summed E-state index contributed by atoms with van der Waals surface area (Å²) in [7, 11) is 0. The molecule has 0 atom stereocenters. The number of hydrogen-bond acceptors (Lipinski definition) is 7. The molecule has 0 unspecified atom stereocenters. The van der Waals surface area contributed by atoms with Crippen molar-refractivity contribution >= 4 is 17.1 Å². The summed E-state index contributed by atoms with van der Waals surface area (Å²) in [4.78, 5) is 6.97. The number of nitrogens with zero attached hydrogens (tertiary/aromatic N) is 4. The Kier molecular flexibility index (Phi) is 7.10. The van der Waals surface area contributed by atoms with E-state index in [1.54, 1.807) is 18.2 Å². The van der Waals surface area contributed by atoms with Gasteiger partial charge in [0.1, 0.15) is 22.7 Å². The molecule has 0 saturated carbocycles. The van der Waals surface area contributed by atoms with Crippen molar-refractivity contribution in [3.63, 3.8) is 0 Å². The average Bonchev–Trinajstić information content (AvgIpc) is 3.55. The van der Waals surface area contributed by atoms with Crippen LogP contribution in [0.4, 0.5) is 6.01 Å². The first-order chi connectivity index (χ1) is 17.7. The van der Waals surface area contributed by atoms with E-state index in [0.29, 0.717) is 41.9 Å². The number of aromatic nitrogens is 2. The summed E-state index contributed by atoms with van der Waals surface area (Å²) in [6.45, 7) is 7.95. The lowest BCUT2D eigenvalue weighted by Gasteiger charge is -2.32. The van der Waals surface area contributed by atoms with Gasteiger partial charge in [-0.3, -0.25) is 4.90 Å². The molecule has 2 aromatic heterocycles. The zero-order chi connectivity index (χ0) is 24.9. The number of likely N-dealkylation sites (tertiary alicyclic amines) is 1. The highest BCUT2D eigenvalue weighted by atomic mass is 16.5. The molecule has 8 heteroatoms. The first-order valence-corrected chi connectivity index (χ1v) is 12.5. The zero-order valence-corrected chi connectivity index (χ0v) is 20.7. The summed E-state index contributed by atoms with van der Waals surface area (Å²) in [6.07, 6.45) is 5.99. The average molecular weight is 486 g/mol. The summed E-state index contributed by atoms with van der Waals surface area (Å²) >= 11 is 0. The second kappa shape index (κ2) is 10.8. The zero-order valence-electron chi connectivity index (χ0n) is 20.7. The number of fused-ring (bicyclic) bond motifs is 1. The maximum atomic E-state index is 9.09. The fourth-order valence-corrected chi connectivity index (χ4v) is 4.72. The van der Waals surface area contributed by atoms with Crippen LogP contribution in [0.1, 0.15) is 37.8 Å². The van der Waals surface area contributed by atoms with Crippen LogP contribution in [0.25, 0.3) is 16.8 Å². The van der Waals surface area contributed by atoms with Gasteiger partial charge in [0.15, 0.2) is 5.58 Å². The monoisotopic (exact) mass is 485 g/mol. The van der Waals surface area contributed by atoms with Gasteiger partial charge >= 0.3 is 0 Å². The number of ether oxygens (including phenoxy) is 2. The van der Waals surface area contributed by atoms with Gasteiger partial charge in [0.2, 0.25) is 0 Å². The smallest absolute Gasteiger partial charge is 0.295 e. The Hall–Kier alpha value is -3.96. The minimum absolute atomic E-state index is 0.291. The number of hydrogen-bond donors (Lipinski definition) is 1. The van der Waals surface area contributed by atoms with E-state index in [1.165, 1.54) is 5.56 Å². The largest absolute Gasteiger partial charge is 0.492 e. The standard InChI is InChI=1S/C28H31N5O3/c1-3-34-25-16-21(17-26(35-4-2)27(25)33-11-5-6-12-33)19-32-13-9-22(10-14-32)30-28-31-23-15-20(18-29)7-8-24(23)36-28/h5-8,11-12,15-17,22H,3-4,9-10,13-14,19H2,1-2H3,(H,30,31). The molecule has 1 aliphatic rings. The maximum Gasteiger partial charge on any atom is 0.295 e. The van der Waals surface area contributed by atoms with Crippen LogP contribution in [0.5, 0.6) is 11.5 Å². The molecule has 0 radical (unpaired) electrons. The Balaban J connectivity index is 1.25. The summed E-state index contributed by atoms with van der Waals surface area (Å²) < 4.78 is 19.9. The van der Waals surface area contributed by atoms with Gasteiger partial charge in [0.25, 0.3) is 6.01 Å². The molecular formula is C28H31N5O3. The highest BCUT2D eigenvalue weighted by molar-refractivity contribution is 5.76. The summed E-state index contributed by atoms with van der Waals surface area (Å²) in [6, 6.07) is 16.5. The molecule has 0 amide bonds. The fraction of sp³-hybridized carbons (Fsp3) is 0.357. The third-order valence-corrected chi connectivity index (χ3v) is 6.40. The minimum Gasteiger partial charge on any atom is -0.492 e. The number of anilines is 1. The summed E-state index contributed by atoms with van der Waals surface area (Å²) in [5.74, 6) is 1.67. The summed E-state index contributed by atoms with van der Waals surface area (Å²) in [5, 5.41) is 12.5. The molecule has 0 aliphatic carbocycles. The van der Waals surface area contributed by atoms with Crippen molar-refractivity contribution in [2.24, 2.45) is 0 Å². The highest BCUT2D eigenvalue weighted by Gasteiger charge is 2.22. The molecule has 186 valence electrons. The van der Waals surface area contributed by atoms with E-state index in [-0.39, 0.29) is 0 Å². The van der Waals surface area contributed by atoms with Crippen LogP contribution < -0.4 is 14.8 Å². The molecule has 1 fully saturated rings. The Morgan fingerprint density at radius 2 is 1.75 bits per heavy atom. The van der Waals surface area contributed by atoms with Gasteiger partial charge in [-0.05, 0) is 74.7 Å². The van der Waals surface area contributed by atoms with Gasteiger partial charge in [-0.1, -0.05) is 0 Å². The van der Waals surface area contributed by atoms with Crippen molar-refractivity contribution in [3.8, 4) is 23.3 Å². The maximum absolute atomic E-state index is 9.09. The quantitative estimate of drug-likeness (QED) is 0.341. The van der Waals surface area contributed by atoms with Crippen molar-refractivity contribution in [1.29, 1.82) is 5.26 Å². The van der Waals surface area contributed by atoms with Crippen LogP contribution in [-0.2, 0) is 6.54 Å². The summed E-state index contributed by atoms with van der Waals surface area (Å²) in [5.41, 5.74) is 4.09. The molecular weight excluding hydrogens is 454 g/mol. The van der Waals surface area contributed by atoms with Crippen LogP contribution in [0.2, 0.25) is 0 Å². The predicted octanol–water partition coefficient (Wildman–Crippen LogP) is 5.36. The number of oxazole rings is 1. The molecule has 36 heavy (non-hydrogen) atoms. The molecule has 0 spiro atoms. The van der Waals surface area contributed by atoms with E-state index in [0.717, 1.165) is 49.7 Å². The topological polar surface area (TPSA) is 88.5 Å². The van der Waals surface area contributed by atoms with E-state index in [2.05, 4.69) is 33.4 Å². The Labute approximate surface area is 211 Å². The minimum atomic E-state index is 0.291. The second-order valence-corrected chi connectivity index (χ2v) is 8.91. The molecule has 5 rings (SSSR count). The third kappa shape index (κ3) is 5.16. The normalized spacial score (nSPS) is 14.6. The van der Waals surface area contributed by atoms with Crippen molar-refractivity contribution in [2.45, 2.75) is 39.3 Å². The van der Waals surface area contributed by atoms with Crippen molar-refractivity contribution < 1.29 is 13.9 Å². The van der Waals surface area contributed by atoms with Gasteiger partial charge in [0, 0.05) is 38.1 Å². The van der Waals surface area contributed by atoms with Gasteiger partial charge in [-0.25, -0.2) is 0 Å². The first kappa shape index (κ1) is 23.8. The molecule has 8 nitrogen and oxygen atoms in total. The van der Waals surface area contributed by atoms with Gasteiger partial charge < -0.3 is 23.8 Å². The Morgan fingerprint density at radius 3 is 2.39 bits per heavy atom. The van der Waals surface area contributed by atoms with Crippen LogP contribution >= 0.6 is 0 Å². The van der Waals surface area contributed by atoms with Crippen molar-refractivity contribution in [3.05, 3.63) is 66.0 Å². The van der Waals surface area contributed by atoms with Crippen LogP contribution in [-0.4, -0.2) is 46.8 Å². The number of benzene rings is 2. The van der Waals surface area contributed by atoms with Crippen LogP contribution in [0, 0.1) is 11.3 Å². The van der Waals surface area contributed by atoms with Crippen molar-refractivity contribution in [1.82, 2.24) is 14.5 Å². The molecule has 3 heterocycles. The van der Waals surface area contributed by atoms with E-state index >= 15 is 0 Å². The fourth-order valence-electron chi connectivity index (χ4n) is 4.72.